The second-order valence-electron chi connectivity index (χ2n) is 7.68. The van der Waals surface area contributed by atoms with Crippen molar-refractivity contribution in [3.05, 3.63) is 53.0 Å². The van der Waals surface area contributed by atoms with Crippen LogP contribution >= 0.6 is 0 Å². The first kappa shape index (κ1) is 19.8. The molecule has 154 valence electrons. The second-order valence-corrected chi connectivity index (χ2v) is 7.68. The Bertz CT molecular complexity index is 871. The minimum atomic E-state index is -0.642. The third kappa shape index (κ3) is 5.09. The van der Waals surface area contributed by atoms with Crippen LogP contribution in [0, 0.1) is 6.92 Å². The van der Waals surface area contributed by atoms with Gasteiger partial charge in [0.15, 0.2) is 0 Å². The molecule has 3 N–H and O–H groups in total. The lowest BCUT2D eigenvalue weighted by Gasteiger charge is -2.30. The smallest absolute Gasteiger partial charge is 0.270 e. The van der Waals surface area contributed by atoms with Crippen LogP contribution < -0.4 is 10.6 Å². The molecule has 8 heteroatoms. The molecule has 0 radical (unpaired) electrons. The Hall–Kier alpha value is -2.55. The van der Waals surface area contributed by atoms with E-state index in [1.165, 1.54) is 11.1 Å². The van der Waals surface area contributed by atoms with Gasteiger partial charge in [0.25, 0.3) is 5.91 Å². The Labute approximate surface area is 170 Å². The number of hydrogen-bond donors (Lipinski definition) is 3. The summed E-state index contributed by atoms with van der Waals surface area (Å²) in [6.45, 7) is 5.46. The zero-order valence-corrected chi connectivity index (χ0v) is 16.6. The van der Waals surface area contributed by atoms with Crippen molar-refractivity contribution in [2.45, 2.75) is 32.0 Å². The molecule has 1 aromatic heterocycles. The summed E-state index contributed by atoms with van der Waals surface area (Å²) >= 11 is 0. The summed E-state index contributed by atoms with van der Waals surface area (Å²) in [7, 11) is 0. The first-order valence-electron chi connectivity index (χ1n) is 10.0. The molecular weight excluding hydrogens is 370 g/mol. The summed E-state index contributed by atoms with van der Waals surface area (Å²) in [5.41, 5.74) is 2.98. The number of aliphatic hydroxyl groups excluding tert-OH is 1. The highest BCUT2D eigenvalue weighted by atomic mass is 16.5. The fraction of sp³-hybridized carbons (Fsp3) is 0.476. The van der Waals surface area contributed by atoms with E-state index in [-0.39, 0.29) is 18.5 Å². The molecule has 2 aliphatic rings. The number of ether oxygens (including phenoxy) is 1. The Morgan fingerprint density at radius 3 is 2.86 bits per heavy atom. The van der Waals surface area contributed by atoms with Crippen LogP contribution in [0.1, 0.15) is 27.4 Å². The highest BCUT2D eigenvalue weighted by Gasteiger charge is 2.21. The van der Waals surface area contributed by atoms with E-state index in [2.05, 4.69) is 43.7 Å². The van der Waals surface area contributed by atoms with Gasteiger partial charge >= 0.3 is 0 Å². The number of aliphatic hydroxyl groups is 1. The van der Waals surface area contributed by atoms with Crippen molar-refractivity contribution in [1.82, 2.24) is 20.2 Å². The van der Waals surface area contributed by atoms with Crippen molar-refractivity contribution >= 4 is 11.7 Å². The van der Waals surface area contributed by atoms with Crippen LogP contribution in [0.4, 0.5) is 5.82 Å². The SMILES string of the molecule is Cc1nc(NC2COC2)cc(C(=O)NC[C@H](O)CN2CCc3ccccc3C2)n1. The molecule has 0 bridgehead atoms. The van der Waals surface area contributed by atoms with Crippen LogP contribution in [0.5, 0.6) is 0 Å². The normalized spacial score (nSPS) is 17.9. The van der Waals surface area contributed by atoms with Crippen molar-refractivity contribution in [3.63, 3.8) is 0 Å². The third-order valence-electron chi connectivity index (χ3n) is 5.24. The Kier molecular flexibility index (Phi) is 6.03. The number of rotatable bonds is 7. The topological polar surface area (TPSA) is 99.6 Å². The lowest BCUT2D eigenvalue weighted by Crippen LogP contribution is -2.42. The monoisotopic (exact) mass is 397 g/mol. The number of amides is 1. The van der Waals surface area contributed by atoms with Gasteiger partial charge in [-0.1, -0.05) is 24.3 Å². The number of hydrogen-bond acceptors (Lipinski definition) is 7. The molecule has 1 amide bonds. The van der Waals surface area contributed by atoms with Gasteiger partial charge in [0.2, 0.25) is 0 Å². The highest BCUT2D eigenvalue weighted by Crippen LogP contribution is 2.18. The van der Waals surface area contributed by atoms with E-state index in [1.807, 2.05) is 6.07 Å². The Morgan fingerprint density at radius 2 is 2.10 bits per heavy atom. The lowest BCUT2D eigenvalue weighted by molar-refractivity contribution is 0.0209. The maximum absolute atomic E-state index is 12.5. The molecule has 1 atom stereocenters. The molecule has 1 aromatic carbocycles. The van der Waals surface area contributed by atoms with Crippen LogP contribution in [-0.4, -0.2) is 70.9 Å². The molecule has 2 aromatic rings. The quantitative estimate of drug-likeness (QED) is 0.634. The molecule has 1 fully saturated rings. The minimum absolute atomic E-state index is 0.180. The van der Waals surface area contributed by atoms with Crippen LogP contribution in [0.15, 0.2) is 30.3 Å². The van der Waals surface area contributed by atoms with Gasteiger partial charge in [-0.15, -0.1) is 0 Å². The predicted molar refractivity (Wildman–Crippen MR) is 109 cm³/mol. The summed E-state index contributed by atoms with van der Waals surface area (Å²) in [5, 5.41) is 16.4. The summed E-state index contributed by atoms with van der Waals surface area (Å²) in [5.74, 6) is 0.822. The number of carbonyl (C=O) groups is 1. The predicted octanol–water partition coefficient (Wildman–Crippen LogP) is 0.745. The number of nitrogens with one attached hydrogen (secondary N) is 2. The van der Waals surface area contributed by atoms with E-state index < -0.39 is 6.10 Å². The molecule has 2 aliphatic heterocycles. The summed E-state index contributed by atoms with van der Waals surface area (Å²) in [6.07, 6.45) is 0.342. The van der Waals surface area contributed by atoms with Crippen LogP contribution in [-0.2, 0) is 17.7 Å². The van der Waals surface area contributed by atoms with E-state index in [9.17, 15) is 9.90 Å². The van der Waals surface area contributed by atoms with Crippen LogP contribution in [0.3, 0.4) is 0 Å². The first-order chi connectivity index (χ1) is 14.1. The second kappa shape index (κ2) is 8.86. The number of aromatic nitrogens is 2. The number of carbonyl (C=O) groups excluding carboxylic acids is 1. The van der Waals surface area contributed by atoms with E-state index in [0.29, 0.717) is 37.1 Å². The molecule has 29 heavy (non-hydrogen) atoms. The first-order valence-corrected chi connectivity index (χ1v) is 10.0. The van der Waals surface area contributed by atoms with Gasteiger partial charge in [-0.3, -0.25) is 9.69 Å². The molecule has 4 rings (SSSR count). The summed E-state index contributed by atoms with van der Waals surface area (Å²) < 4.78 is 5.14. The van der Waals surface area contributed by atoms with Gasteiger partial charge < -0.3 is 20.5 Å². The van der Waals surface area contributed by atoms with Gasteiger partial charge in [-0.2, -0.15) is 0 Å². The number of nitrogens with zero attached hydrogens (tertiary/aromatic N) is 3. The number of fused-ring (bicyclic) bond motifs is 1. The van der Waals surface area contributed by atoms with Crippen molar-refractivity contribution in [3.8, 4) is 0 Å². The largest absolute Gasteiger partial charge is 0.390 e. The molecule has 0 spiro atoms. The van der Waals surface area contributed by atoms with Gasteiger partial charge in [-0.05, 0) is 24.5 Å². The minimum Gasteiger partial charge on any atom is -0.390 e. The van der Waals surface area contributed by atoms with Crippen molar-refractivity contribution in [2.75, 3.05) is 38.2 Å². The molecule has 0 saturated carbocycles. The molecule has 1 saturated heterocycles. The fourth-order valence-electron chi connectivity index (χ4n) is 3.66. The van der Waals surface area contributed by atoms with Crippen LogP contribution in [0.25, 0.3) is 0 Å². The zero-order chi connectivity index (χ0) is 20.2. The third-order valence-corrected chi connectivity index (χ3v) is 5.24. The average molecular weight is 397 g/mol. The van der Waals surface area contributed by atoms with Gasteiger partial charge in [0, 0.05) is 32.2 Å². The summed E-state index contributed by atoms with van der Waals surface area (Å²) in [6, 6.07) is 10.3. The van der Waals surface area contributed by atoms with Gasteiger partial charge in [-0.25, -0.2) is 9.97 Å². The maximum atomic E-state index is 12.5. The van der Waals surface area contributed by atoms with Gasteiger partial charge in [0.1, 0.15) is 17.3 Å². The van der Waals surface area contributed by atoms with E-state index in [0.717, 1.165) is 19.5 Å². The highest BCUT2D eigenvalue weighted by molar-refractivity contribution is 5.92. The standard InChI is InChI=1S/C21H27N5O3/c1-14-23-19(8-20(24-14)25-17-12-29-13-17)21(28)22-9-18(27)11-26-7-6-15-4-2-3-5-16(15)10-26/h2-5,8,17-18,27H,6-7,9-13H2,1H3,(H,22,28)(H,23,24,25)/t18-/m0/s1. The molecule has 3 heterocycles. The van der Waals surface area contributed by atoms with Gasteiger partial charge in [0.05, 0.1) is 25.4 Å². The number of benzene rings is 1. The molecule has 8 nitrogen and oxygen atoms in total. The number of β-amino-alcohol motifs (C(OH)–C–C–N with tert-alkyl or cyclic N) is 1. The fourth-order valence-corrected chi connectivity index (χ4v) is 3.66. The summed E-state index contributed by atoms with van der Waals surface area (Å²) in [4.78, 5) is 23.3. The number of anilines is 1. The molecule has 0 unspecified atom stereocenters. The van der Waals surface area contributed by atoms with E-state index in [1.54, 1.807) is 13.0 Å². The van der Waals surface area contributed by atoms with E-state index >= 15 is 0 Å². The van der Waals surface area contributed by atoms with Crippen molar-refractivity contribution in [2.24, 2.45) is 0 Å². The van der Waals surface area contributed by atoms with E-state index in [4.69, 9.17) is 4.74 Å². The Balaban J connectivity index is 1.28. The molecule has 0 aliphatic carbocycles. The zero-order valence-electron chi connectivity index (χ0n) is 16.6. The lowest BCUT2D eigenvalue weighted by atomic mass is 10.00. The average Bonchev–Trinajstić information content (AvgIpc) is 2.68. The van der Waals surface area contributed by atoms with Crippen molar-refractivity contribution < 1.29 is 14.6 Å². The Morgan fingerprint density at radius 1 is 1.31 bits per heavy atom. The molecular formula is C21H27N5O3. The van der Waals surface area contributed by atoms with Crippen molar-refractivity contribution in [1.29, 1.82) is 0 Å². The maximum Gasteiger partial charge on any atom is 0.270 e. The van der Waals surface area contributed by atoms with Crippen LogP contribution in [0.2, 0.25) is 0 Å². The number of aryl methyl sites for hydroxylation is 1.